The molecular formula is C87H54N8. The van der Waals surface area contributed by atoms with E-state index in [1.54, 1.807) is 0 Å². The first-order chi connectivity index (χ1) is 47.0. The molecule has 7 heterocycles. The van der Waals surface area contributed by atoms with E-state index < -0.39 is 0 Å². The number of nitriles is 1. The Bertz CT molecular complexity index is 7010. The van der Waals surface area contributed by atoms with Crippen molar-refractivity contribution in [2.75, 3.05) is 5.43 Å². The molecule has 1 aliphatic heterocycles. The summed E-state index contributed by atoms with van der Waals surface area (Å²) < 4.78 is 9.86. The maximum atomic E-state index is 10.5. The van der Waals surface area contributed by atoms with Crippen LogP contribution < -0.4 is 16.0 Å². The lowest BCUT2D eigenvalue weighted by Gasteiger charge is -2.17. The fourth-order valence-electron chi connectivity index (χ4n) is 17.1. The number of nitrogens with one attached hydrogen (secondary N) is 2. The fraction of sp³-hybridized carbons (Fsp3) is 0.0460. The summed E-state index contributed by atoms with van der Waals surface area (Å²) in [6.45, 7) is 2.23. The number of allylic oxidation sites excluding steroid dienone is 5. The first kappa shape index (κ1) is 52.1. The lowest BCUT2D eigenvalue weighted by molar-refractivity contribution is 1.03. The smallest absolute Gasteiger partial charge is 0.142 e. The summed E-state index contributed by atoms with van der Waals surface area (Å²) in [6.07, 6.45) is 9.02. The number of hydrogen-bond donors (Lipinski definition) is 2. The molecular weight excluding hydrogens is 1160 g/mol. The zero-order chi connectivity index (χ0) is 62.5. The van der Waals surface area contributed by atoms with Crippen molar-refractivity contribution in [3.63, 3.8) is 0 Å². The van der Waals surface area contributed by atoms with Crippen molar-refractivity contribution >= 4 is 170 Å². The molecule has 21 rings (SSSR count). The number of aromatic nitrogens is 4. The van der Waals surface area contributed by atoms with Gasteiger partial charge in [0.1, 0.15) is 5.82 Å². The van der Waals surface area contributed by atoms with Gasteiger partial charge >= 0.3 is 0 Å². The summed E-state index contributed by atoms with van der Waals surface area (Å²) in [4.78, 5) is 5.88. The van der Waals surface area contributed by atoms with Crippen molar-refractivity contribution in [2.24, 2.45) is 4.99 Å². The van der Waals surface area contributed by atoms with E-state index in [1.807, 2.05) is 24.3 Å². The lowest BCUT2D eigenvalue weighted by atomic mass is 9.93. The largest absolute Gasteiger partial charge is 0.308 e. The third-order valence-corrected chi connectivity index (χ3v) is 21.1. The normalized spacial score (nSPS) is 13.9. The van der Waals surface area contributed by atoms with Crippen LogP contribution in [-0.2, 0) is 0 Å². The van der Waals surface area contributed by atoms with Gasteiger partial charge in [0.2, 0.25) is 0 Å². The van der Waals surface area contributed by atoms with Crippen LogP contribution in [0, 0.1) is 16.7 Å². The van der Waals surface area contributed by atoms with Crippen LogP contribution in [0.4, 0.5) is 5.69 Å². The van der Waals surface area contributed by atoms with E-state index in [9.17, 15) is 10.7 Å². The number of para-hydroxylation sites is 6. The van der Waals surface area contributed by atoms with Crippen molar-refractivity contribution in [3.05, 3.63) is 294 Å². The minimum absolute atomic E-state index is 0.502. The Hall–Kier alpha value is -12.6. The maximum Gasteiger partial charge on any atom is 0.142 e. The Labute approximate surface area is 542 Å². The highest BCUT2D eigenvalue weighted by Gasteiger charge is 2.31. The minimum Gasteiger partial charge on any atom is -0.308 e. The van der Waals surface area contributed by atoms with Gasteiger partial charge in [-0.1, -0.05) is 200 Å². The highest BCUT2D eigenvalue weighted by Crippen LogP contribution is 2.53. The molecule has 0 fully saturated rings. The van der Waals surface area contributed by atoms with Gasteiger partial charge in [0, 0.05) is 81.3 Å². The Morgan fingerprint density at radius 2 is 1.12 bits per heavy atom. The van der Waals surface area contributed by atoms with Gasteiger partial charge in [0.25, 0.3) is 0 Å². The van der Waals surface area contributed by atoms with E-state index in [1.165, 1.54) is 81.4 Å². The predicted octanol–water partition coefficient (Wildman–Crippen LogP) is 20.8. The van der Waals surface area contributed by atoms with Crippen molar-refractivity contribution in [1.82, 2.24) is 18.0 Å². The van der Waals surface area contributed by atoms with Gasteiger partial charge in [-0.3, -0.25) is 20.1 Å². The molecule has 0 saturated heterocycles. The number of nitrogens with zero attached hydrogens (tertiary/aromatic N) is 6. The Morgan fingerprint density at radius 1 is 0.474 bits per heavy atom. The lowest BCUT2D eigenvalue weighted by Crippen LogP contribution is -2.25. The molecule has 8 nitrogen and oxygen atoms in total. The van der Waals surface area contributed by atoms with Crippen molar-refractivity contribution < 1.29 is 0 Å². The van der Waals surface area contributed by atoms with Crippen LogP contribution in [0.1, 0.15) is 42.9 Å². The van der Waals surface area contributed by atoms with Gasteiger partial charge in [-0.15, -0.1) is 0 Å². The molecule has 0 atom stereocenters. The van der Waals surface area contributed by atoms with Crippen molar-refractivity contribution in [1.29, 1.82) is 10.7 Å². The number of anilines is 1. The molecule has 0 bridgehead atoms. The molecule has 2 N–H and O–H groups in total. The number of hydrogen-bond acceptors (Lipinski definition) is 4. The Balaban J connectivity index is 0.895. The monoisotopic (exact) mass is 1210 g/mol. The molecule has 2 aliphatic rings. The van der Waals surface area contributed by atoms with E-state index in [-0.39, 0.29) is 0 Å². The van der Waals surface area contributed by atoms with Gasteiger partial charge in [-0.2, -0.15) is 5.26 Å². The average Bonchev–Trinajstić information content (AvgIpc) is 1.52. The second kappa shape index (κ2) is 19.2. The first-order valence-electron chi connectivity index (χ1n) is 32.8. The van der Waals surface area contributed by atoms with E-state index in [4.69, 9.17) is 4.99 Å². The highest BCUT2D eigenvalue weighted by molar-refractivity contribution is 6.39. The van der Waals surface area contributed by atoms with E-state index >= 15 is 0 Å². The van der Waals surface area contributed by atoms with E-state index in [0.29, 0.717) is 17.7 Å². The molecule has 13 aromatic carbocycles. The molecule has 8 heteroatoms. The molecule has 19 aromatic rings. The molecule has 0 spiro atoms. The van der Waals surface area contributed by atoms with E-state index in [0.717, 1.165) is 134 Å². The predicted molar refractivity (Wildman–Crippen MR) is 396 cm³/mol. The number of fused-ring (bicyclic) bond motifs is 25. The number of benzene rings is 13. The van der Waals surface area contributed by atoms with Crippen molar-refractivity contribution in [3.8, 4) is 17.2 Å². The molecule has 0 unspecified atom stereocenters. The van der Waals surface area contributed by atoms with Crippen LogP contribution in [0.2, 0.25) is 0 Å². The van der Waals surface area contributed by atoms with Crippen LogP contribution in [-0.4, -0.2) is 23.8 Å². The topological polar surface area (TPSA) is 90.7 Å². The Kier molecular flexibility index (Phi) is 10.6. The van der Waals surface area contributed by atoms with Gasteiger partial charge in [0.15, 0.2) is 0 Å². The third-order valence-electron chi connectivity index (χ3n) is 21.1. The van der Waals surface area contributed by atoms with Crippen LogP contribution in [0.25, 0.3) is 169 Å². The fourth-order valence-corrected chi connectivity index (χ4v) is 17.1. The maximum absolute atomic E-state index is 10.5. The quantitative estimate of drug-likeness (QED) is 0.156. The standard InChI is InChI=1S/C87H54N8/c1-49-44-65(53-24-17-20-50(45-53)48-88)87(90-70-35-12-7-25-54(49)70)94-75-43-41-57-56(31-18-32-60(57)78(75)68-46-66-58-27-9-14-37-72(58)92-74-39-16-11-30-63(74)79(83(66)92)85(68)94)61-33-19-34-64-80-84-67(59-28-10-15-38-73(59)93(84)82(61)64)47-69-77-55-26-6-5-21-51(55)40-42-76(77)95(86(69)80)91-71-36-13-8-29-62(71)81(89)52-22-3-2-4-23-52/h3,5-43,45-47,89,91H,2,4,44H2,1H3. The second-order valence-corrected chi connectivity index (χ2v) is 26.0. The summed E-state index contributed by atoms with van der Waals surface area (Å²) in [6, 6.07) is 91.0. The summed E-state index contributed by atoms with van der Waals surface area (Å²) >= 11 is 0. The zero-order valence-electron chi connectivity index (χ0n) is 51.6. The summed E-state index contributed by atoms with van der Waals surface area (Å²) in [5, 5.41) is 41.0. The number of rotatable bonds is 7. The van der Waals surface area contributed by atoms with Gasteiger partial charge in [-0.25, -0.2) is 4.99 Å². The van der Waals surface area contributed by atoms with Crippen LogP contribution in [0.5, 0.6) is 0 Å². The first-order valence-corrected chi connectivity index (χ1v) is 32.8. The SMILES string of the molecule is CC1=c2ccccc2=NC(n2c3ccc4c(-c5cccc6c7c8c(cc9c%10ccccc%10n(c56)c97)c5c6ccccc6ccc5n8Nc5ccccc5C(=N)C5=CCCC=C5)cccc4c3c3cc4c5ccccc5n5c6ccccc6c(c32)c45)=C(c2cccc(C#N)c2)C1. The molecule has 0 saturated carbocycles. The zero-order valence-corrected chi connectivity index (χ0v) is 51.6. The second-order valence-electron chi connectivity index (χ2n) is 26.0. The summed E-state index contributed by atoms with van der Waals surface area (Å²) in [7, 11) is 0. The molecule has 1 aliphatic carbocycles. The van der Waals surface area contributed by atoms with Crippen LogP contribution in [0.3, 0.4) is 0 Å². The molecule has 95 heavy (non-hydrogen) atoms. The van der Waals surface area contributed by atoms with E-state index in [2.05, 4.69) is 273 Å². The molecule has 6 aromatic heterocycles. The van der Waals surface area contributed by atoms with Crippen LogP contribution in [0.15, 0.2) is 271 Å². The molecule has 0 radical (unpaired) electrons. The van der Waals surface area contributed by atoms with Gasteiger partial charge in [-0.05, 0) is 136 Å². The molecule has 0 amide bonds. The Morgan fingerprint density at radius 3 is 1.93 bits per heavy atom. The van der Waals surface area contributed by atoms with Crippen molar-refractivity contribution in [2.45, 2.75) is 26.2 Å². The van der Waals surface area contributed by atoms with Crippen LogP contribution >= 0.6 is 0 Å². The third kappa shape index (κ3) is 6.97. The van der Waals surface area contributed by atoms with Gasteiger partial charge in [0.05, 0.1) is 83.6 Å². The average molecular weight is 1210 g/mol. The van der Waals surface area contributed by atoms with Gasteiger partial charge < -0.3 is 8.80 Å². The summed E-state index contributed by atoms with van der Waals surface area (Å²) in [5.74, 6) is 0.844. The highest BCUT2D eigenvalue weighted by atomic mass is 15.4. The molecule has 442 valence electrons. The summed E-state index contributed by atoms with van der Waals surface area (Å²) in [5.41, 5.74) is 24.6. The minimum atomic E-state index is 0.502.